The fourth-order valence-corrected chi connectivity index (χ4v) is 1.29. The predicted octanol–water partition coefficient (Wildman–Crippen LogP) is 1.16. The van der Waals surface area contributed by atoms with Crippen LogP contribution in [-0.4, -0.2) is 31.7 Å². The van der Waals surface area contributed by atoms with E-state index in [2.05, 4.69) is 0 Å². The number of carbonyl (C=O) groups excluding carboxylic acids is 1. The summed E-state index contributed by atoms with van der Waals surface area (Å²) in [5, 5.41) is 0. The maximum Gasteiger partial charge on any atom is 0.187 e. The molecule has 1 fully saturated rings. The Kier molecular flexibility index (Phi) is 4.25. The van der Waals surface area contributed by atoms with Crippen LogP contribution in [-0.2, 0) is 14.3 Å². The maximum absolute atomic E-state index is 11.3. The molecule has 0 N–H and O–H groups in total. The highest BCUT2D eigenvalue weighted by atomic mass is 16.5. The van der Waals surface area contributed by atoms with Crippen LogP contribution < -0.4 is 0 Å². The zero-order valence-electron chi connectivity index (χ0n) is 7.54. The van der Waals surface area contributed by atoms with Gasteiger partial charge in [0.15, 0.2) is 5.78 Å². The average molecular weight is 172 g/mol. The van der Waals surface area contributed by atoms with E-state index in [-0.39, 0.29) is 18.5 Å². The summed E-state index contributed by atoms with van der Waals surface area (Å²) in [4.78, 5) is 11.3. The van der Waals surface area contributed by atoms with Gasteiger partial charge in [0, 0.05) is 13.2 Å². The molecule has 1 aliphatic rings. The minimum atomic E-state index is -0.190. The third-order valence-corrected chi connectivity index (χ3v) is 1.99. The first-order valence-corrected chi connectivity index (χ1v) is 4.56. The zero-order valence-corrected chi connectivity index (χ0v) is 7.54. The SMILES string of the molecule is CCOCC(=O)C1CCCCO1. The summed E-state index contributed by atoms with van der Waals surface area (Å²) < 4.78 is 10.3. The van der Waals surface area contributed by atoms with Crippen LogP contribution in [0.15, 0.2) is 0 Å². The molecule has 1 unspecified atom stereocenters. The van der Waals surface area contributed by atoms with Crippen molar-refractivity contribution in [1.29, 1.82) is 0 Å². The van der Waals surface area contributed by atoms with E-state index in [1.165, 1.54) is 0 Å². The van der Waals surface area contributed by atoms with Crippen LogP contribution in [0.25, 0.3) is 0 Å². The summed E-state index contributed by atoms with van der Waals surface area (Å²) in [5.74, 6) is 0.0940. The van der Waals surface area contributed by atoms with Crippen molar-refractivity contribution in [3.8, 4) is 0 Å². The third-order valence-electron chi connectivity index (χ3n) is 1.99. The lowest BCUT2D eigenvalue weighted by molar-refractivity contribution is -0.137. The number of rotatable bonds is 4. The van der Waals surface area contributed by atoms with Gasteiger partial charge in [0.2, 0.25) is 0 Å². The summed E-state index contributed by atoms with van der Waals surface area (Å²) in [7, 11) is 0. The standard InChI is InChI=1S/C9H16O3/c1-2-11-7-8(10)9-5-3-4-6-12-9/h9H,2-7H2,1H3. The summed E-state index contributed by atoms with van der Waals surface area (Å²) in [5.41, 5.74) is 0. The van der Waals surface area contributed by atoms with Crippen LogP contribution in [0.2, 0.25) is 0 Å². The van der Waals surface area contributed by atoms with Crippen molar-refractivity contribution in [2.75, 3.05) is 19.8 Å². The Bertz CT molecular complexity index is 139. The van der Waals surface area contributed by atoms with Crippen molar-refractivity contribution in [2.24, 2.45) is 0 Å². The molecule has 0 saturated carbocycles. The molecule has 0 aromatic rings. The Balaban J connectivity index is 2.20. The fourth-order valence-electron chi connectivity index (χ4n) is 1.29. The topological polar surface area (TPSA) is 35.5 Å². The minimum absolute atomic E-state index is 0.0940. The molecule has 70 valence electrons. The monoisotopic (exact) mass is 172 g/mol. The molecule has 1 heterocycles. The zero-order chi connectivity index (χ0) is 8.81. The van der Waals surface area contributed by atoms with E-state index < -0.39 is 0 Å². The number of hydrogen-bond acceptors (Lipinski definition) is 3. The summed E-state index contributed by atoms with van der Waals surface area (Å²) in [6.07, 6.45) is 2.86. The van der Waals surface area contributed by atoms with Gasteiger partial charge in [0.1, 0.15) is 12.7 Å². The smallest absolute Gasteiger partial charge is 0.187 e. The molecule has 1 saturated heterocycles. The predicted molar refractivity (Wildman–Crippen MR) is 45.1 cm³/mol. The lowest BCUT2D eigenvalue weighted by atomic mass is 10.1. The molecule has 0 aromatic carbocycles. The molecule has 0 bridgehead atoms. The fraction of sp³-hybridized carbons (Fsp3) is 0.889. The lowest BCUT2D eigenvalue weighted by Gasteiger charge is -2.20. The van der Waals surface area contributed by atoms with Gasteiger partial charge < -0.3 is 9.47 Å². The van der Waals surface area contributed by atoms with Crippen molar-refractivity contribution in [3.05, 3.63) is 0 Å². The molecule has 0 aromatic heterocycles. The molecule has 1 atom stereocenters. The van der Waals surface area contributed by atoms with Crippen molar-refractivity contribution in [2.45, 2.75) is 32.3 Å². The largest absolute Gasteiger partial charge is 0.374 e. The summed E-state index contributed by atoms with van der Waals surface area (Å²) in [6, 6.07) is 0. The first-order valence-electron chi connectivity index (χ1n) is 4.56. The number of hydrogen-bond donors (Lipinski definition) is 0. The highest BCUT2D eigenvalue weighted by Gasteiger charge is 2.21. The Labute approximate surface area is 73.0 Å². The van der Waals surface area contributed by atoms with Gasteiger partial charge >= 0.3 is 0 Å². The van der Waals surface area contributed by atoms with Gasteiger partial charge in [-0.15, -0.1) is 0 Å². The van der Waals surface area contributed by atoms with Gasteiger partial charge in [-0.3, -0.25) is 4.79 Å². The molecular formula is C9H16O3. The van der Waals surface area contributed by atoms with E-state index in [1.807, 2.05) is 6.92 Å². The van der Waals surface area contributed by atoms with Gasteiger partial charge in [-0.2, -0.15) is 0 Å². The van der Waals surface area contributed by atoms with Crippen molar-refractivity contribution in [3.63, 3.8) is 0 Å². The molecule has 0 amide bonds. The van der Waals surface area contributed by atoms with Gasteiger partial charge in [-0.25, -0.2) is 0 Å². The van der Waals surface area contributed by atoms with Gasteiger partial charge in [0.25, 0.3) is 0 Å². The van der Waals surface area contributed by atoms with E-state index in [4.69, 9.17) is 9.47 Å². The van der Waals surface area contributed by atoms with Crippen LogP contribution in [0.4, 0.5) is 0 Å². The number of ketones is 1. The van der Waals surface area contributed by atoms with Crippen LogP contribution in [0.5, 0.6) is 0 Å². The normalized spacial score (nSPS) is 23.9. The number of ether oxygens (including phenoxy) is 2. The Morgan fingerprint density at radius 2 is 2.42 bits per heavy atom. The first-order chi connectivity index (χ1) is 5.84. The van der Waals surface area contributed by atoms with Crippen LogP contribution >= 0.6 is 0 Å². The van der Waals surface area contributed by atoms with Gasteiger partial charge in [0.05, 0.1) is 0 Å². The molecule has 0 radical (unpaired) electrons. The lowest BCUT2D eigenvalue weighted by Crippen LogP contribution is -2.31. The second-order valence-corrected chi connectivity index (χ2v) is 2.96. The molecule has 12 heavy (non-hydrogen) atoms. The number of carbonyl (C=O) groups is 1. The highest BCUT2D eigenvalue weighted by molar-refractivity contribution is 5.84. The first kappa shape index (κ1) is 9.68. The van der Waals surface area contributed by atoms with E-state index in [1.54, 1.807) is 0 Å². The van der Waals surface area contributed by atoms with Gasteiger partial charge in [-0.1, -0.05) is 0 Å². The maximum atomic E-state index is 11.3. The van der Waals surface area contributed by atoms with Crippen molar-refractivity contribution in [1.82, 2.24) is 0 Å². The average Bonchev–Trinajstić information content (AvgIpc) is 2.15. The quantitative estimate of drug-likeness (QED) is 0.638. The minimum Gasteiger partial charge on any atom is -0.374 e. The van der Waals surface area contributed by atoms with Crippen LogP contribution in [0.1, 0.15) is 26.2 Å². The van der Waals surface area contributed by atoms with E-state index in [0.717, 1.165) is 25.9 Å². The van der Waals surface area contributed by atoms with Crippen molar-refractivity contribution >= 4 is 5.78 Å². The Morgan fingerprint density at radius 1 is 1.58 bits per heavy atom. The molecule has 0 aliphatic carbocycles. The van der Waals surface area contributed by atoms with Crippen LogP contribution in [0.3, 0.4) is 0 Å². The second kappa shape index (κ2) is 5.27. The molecule has 1 rings (SSSR count). The highest BCUT2D eigenvalue weighted by Crippen LogP contribution is 2.13. The molecular weight excluding hydrogens is 156 g/mol. The Morgan fingerprint density at radius 3 is 3.00 bits per heavy atom. The molecule has 3 heteroatoms. The summed E-state index contributed by atoms with van der Waals surface area (Å²) in [6.45, 7) is 3.41. The van der Waals surface area contributed by atoms with E-state index in [0.29, 0.717) is 6.61 Å². The Hall–Kier alpha value is -0.410. The van der Waals surface area contributed by atoms with E-state index >= 15 is 0 Å². The van der Waals surface area contributed by atoms with E-state index in [9.17, 15) is 4.79 Å². The molecule has 1 aliphatic heterocycles. The number of Topliss-reactive ketones (excluding diaryl/α,β-unsaturated/α-hetero) is 1. The van der Waals surface area contributed by atoms with Crippen molar-refractivity contribution < 1.29 is 14.3 Å². The molecule has 3 nitrogen and oxygen atoms in total. The van der Waals surface area contributed by atoms with Gasteiger partial charge in [-0.05, 0) is 26.2 Å². The molecule has 0 spiro atoms. The third kappa shape index (κ3) is 2.91. The second-order valence-electron chi connectivity index (χ2n) is 2.96. The summed E-state index contributed by atoms with van der Waals surface area (Å²) >= 11 is 0. The van der Waals surface area contributed by atoms with Crippen LogP contribution in [0, 0.1) is 0 Å².